The number of methoxy groups -OCH3 is 1. The lowest BCUT2D eigenvalue weighted by Crippen LogP contribution is -2.38. The average Bonchev–Trinajstić information content (AvgIpc) is 2.49. The third-order valence-corrected chi connectivity index (χ3v) is 2.04. The molecular formula is C9H17NO3. The predicted octanol–water partition coefficient (Wildman–Crippen LogP) is 1.60. The second kappa shape index (κ2) is 4.46. The first-order chi connectivity index (χ1) is 6.15. The van der Waals surface area contributed by atoms with Crippen LogP contribution >= 0.6 is 0 Å². The number of carbonyl (C=O) groups excluding carboxylic acids is 1. The molecule has 0 aromatic carbocycles. The van der Waals surface area contributed by atoms with Gasteiger partial charge in [-0.2, -0.15) is 0 Å². The number of nitrogens with zero attached hydrogens (tertiary/aromatic N) is 1. The molecule has 1 saturated heterocycles. The van der Waals surface area contributed by atoms with Crippen LogP contribution in [0.3, 0.4) is 0 Å². The molecular weight excluding hydrogens is 170 g/mol. The van der Waals surface area contributed by atoms with Crippen LogP contribution in [0.1, 0.15) is 26.7 Å². The van der Waals surface area contributed by atoms with Gasteiger partial charge in [0.1, 0.15) is 6.23 Å². The summed E-state index contributed by atoms with van der Waals surface area (Å²) in [7, 11) is 1.62. The summed E-state index contributed by atoms with van der Waals surface area (Å²) in [6.07, 6.45) is 1.48. The summed E-state index contributed by atoms with van der Waals surface area (Å²) >= 11 is 0. The molecule has 0 aliphatic carbocycles. The maximum atomic E-state index is 11.4. The zero-order valence-electron chi connectivity index (χ0n) is 8.45. The Morgan fingerprint density at radius 3 is 2.77 bits per heavy atom. The van der Waals surface area contributed by atoms with Crippen LogP contribution in [0.4, 0.5) is 4.79 Å². The summed E-state index contributed by atoms with van der Waals surface area (Å²) in [6.45, 7) is 4.43. The van der Waals surface area contributed by atoms with E-state index in [9.17, 15) is 4.79 Å². The Hall–Kier alpha value is -0.770. The molecule has 1 amide bonds. The minimum absolute atomic E-state index is 0.0643. The van der Waals surface area contributed by atoms with Crippen LogP contribution in [-0.2, 0) is 9.47 Å². The summed E-state index contributed by atoms with van der Waals surface area (Å²) < 4.78 is 10.2. The van der Waals surface area contributed by atoms with E-state index < -0.39 is 0 Å². The van der Waals surface area contributed by atoms with Crippen molar-refractivity contribution in [2.45, 2.75) is 39.0 Å². The Morgan fingerprint density at radius 1 is 1.54 bits per heavy atom. The van der Waals surface area contributed by atoms with Crippen molar-refractivity contribution in [2.75, 3.05) is 13.7 Å². The van der Waals surface area contributed by atoms with Crippen LogP contribution in [0.5, 0.6) is 0 Å². The van der Waals surface area contributed by atoms with Gasteiger partial charge in [0, 0.05) is 13.7 Å². The standard InChI is InChI=1S/C9H17NO3/c1-7(2)13-9(11)10-6-4-5-8(10)12-3/h7-8H,4-6H2,1-3H3. The monoisotopic (exact) mass is 187 g/mol. The van der Waals surface area contributed by atoms with Crippen molar-refractivity contribution >= 4 is 6.09 Å². The molecule has 1 unspecified atom stereocenters. The molecule has 76 valence electrons. The van der Waals surface area contributed by atoms with E-state index >= 15 is 0 Å². The first-order valence-corrected chi connectivity index (χ1v) is 4.65. The minimum atomic E-state index is -0.264. The van der Waals surface area contributed by atoms with Crippen molar-refractivity contribution in [1.82, 2.24) is 4.90 Å². The molecule has 13 heavy (non-hydrogen) atoms. The van der Waals surface area contributed by atoms with Crippen LogP contribution in [0.2, 0.25) is 0 Å². The lowest BCUT2D eigenvalue weighted by atomic mass is 10.4. The molecule has 0 saturated carbocycles. The van der Waals surface area contributed by atoms with Crippen LogP contribution in [0.25, 0.3) is 0 Å². The third-order valence-electron chi connectivity index (χ3n) is 2.04. The van der Waals surface area contributed by atoms with Crippen molar-refractivity contribution < 1.29 is 14.3 Å². The van der Waals surface area contributed by atoms with Crippen LogP contribution in [-0.4, -0.2) is 37.0 Å². The smallest absolute Gasteiger partial charge is 0.412 e. The molecule has 1 atom stereocenters. The molecule has 1 fully saturated rings. The Labute approximate surface area is 78.8 Å². The van der Waals surface area contributed by atoms with Crippen LogP contribution < -0.4 is 0 Å². The highest BCUT2D eigenvalue weighted by Crippen LogP contribution is 2.18. The fourth-order valence-corrected chi connectivity index (χ4v) is 1.46. The minimum Gasteiger partial charge on any atom is -0.447 e. The molecule has 0 radical (unpaired) electrons. The van der Waals surface area contributed by atoms with E-state index in [-0.39, 0.29) is 18.4 Å². The van der Waals surface area contributed by atoms with E-state index in [4.69, 9.17) is 9.47 Å². The first kappa shape index (κ1) is 10.3. The van der Waals surface area contributed by atoms with Crippen LogP contribution in [0.15, 0.2) is 0 Å². The first-order valence-electron chi connectivity index (χ1n) is 4.65. The molecule has 1 heterocycles. The number of carbonyl (C=O) groups is 1. The molecule has 1 aliphatic heterocycles. The number of amides is 1. The normalized spacial score (nSPS) is 22.5. The maximum Gasteiger partial charge on any atom is 0.412 e. The van der Waals surface area contributed by atoms with Gasteiger partial charge < -0.3 is 9.47 Å². The number of hydrogen-bond acceptors (Lipinski definition) is 3. The van der Waals surface area contributed by atoms with Crippen molar-refractivity contribution in [1.29, 1.82) is 0 Å². The molecule has 0 spiro atoms. The molecule has 0 N–H and O–H groups in total. The topological polar surface area (TPSA) is 38.8 Å². The Bertz CT molecular complexity index is 182. The zero-order chi connectivity index (χ0) is 9.84. The van der Waals surface area contributed by atoms with Crippen molar-refractivity contribution in [2.24, 2.45) is 0 Å². The zero-order valence-corrected chi connectivity index (χ0v) is 8.45. The van der Waals surface area contributed by atoms with Crippen molar-refractivity contribution in [3.05, 3.63) is 0 Å². The Kier molecular flexibility index (Phi) is 3.54. The van der Waals surface area contributed by atoms with Crippen molar-refractivity contribution in [3.63, 3.8) is 0 Å². The SMILES string of the molecule is COC1CCCN1C(=O)OC(C)C. The van der Waals surface area contributed by atoms with Gasteiger partial charge in [0.2, 0.25) is 0 Å². The van der Waals surface area contributed by atoms with Gasteiger partial charge in [0.25, 0.3) is 0 Å². The molecule has 1 rings (SSSR count). The molecule has 0 bridgehead atoms. The fraction of sp³-hybridized carbons (Fsp3) is 0.889. The van der Waals surface area contributed by atoms with E-state index in [2.05, 4.69) is 0 Å². The van der Waals surface area contributed by atoms with Crippen molar-refractivity contribution in [3.8, 4) is 0 Å². The van der Waals surface area contributed by atoms with Gasteiger partial charge in [0.15, 0.2) is 0 Å². The molecule has 4 nitrogen and oxygen atoms in total. The third kappa shape index (κ3) is 2.59. The van der Waals surface area contributed by atoms with Gasteiger partial charge in [0.05, 0.1) is 6.10 Å². The predicted molar refractivity (Wildman–Crippen MR) is 48.4 cm³/mol. The summed E-state index contributed by atoms with van der Waals surface area (Å²) in [6, 6.07) is 0. The summed E-state index contributed by atoms with van der Waals surface area (Å²) in [5.41, 5.74) is 0. The maximum absolute atomic E-state index is 11.4. The van der Waals surface area contributed by atoms with Gasteiger partial charge in [-0.25, -0.2) is 4.79 Å². The van der Waals surface area contributed by atoms with E-state index in [1.165, 1.54) is 0 Å². The Morgan fingerprint density at radius 2 is 2.23 bits per heavy atom. The van der Waals surface area contributed by atoms with Crippen LogP contribution in [0, 0.1) is 0 Å². The van der Waals surface area contributed by atoms with E-state index in [0.29, 0.717) is 0 Å². The summed E-state index contributed by atoms with van der Waals surface area (Å²) in [5.74, 6) is 0. The lowest BCUT2D eigenvalue weighted by Gasteiger charge is -2.23. The van der Waals surface area contributed by atoms with Gasteiger partial charge in [-0.1, -0.05) is 0 Å². The number of ether oxygens (including phenoxy) is 2. The molecule has 0 aromatic heterocycles. The number of likely N-dealkylation sites (tertiary alicyclic amines) is 1. The van der Waals surface area contributed by atoms with Gasteiger partial charge in [-0.15, -0.1) is 0 Å². The number of hydrogen-bond donors (Lipinski definition) is 0. The van der Waals surface area contributed by atoms with Gasteiger partial charge in [-0.3, -0.25) is 4.90 Å². The quantitative estimate of drug-likeness (QED) is 0.659. The highest BCUT2D eigenvalue weighted by atomic mass is 16.6. The second-order valence-corrected chi connectivity index (χ2v) is 3.46. The fourth-order valence-electron chi connectivity index (χ4n) is 1.46. The molecule has 4 heteroatoms. The van der Waals surface area contributed by atoms with Gasteiger partial charge in [-0.05, 0) is 26.7 Å². The Balaban J connectivity index is 2.45. The highest BCUT2D eigenvalue weighted by molar-refractivity contribution is 5.68. The lowest BCUT2D eigenvalue weighted by molar-refractivity contribution is -0.0125. The average molecular weight is 187 g/mol. The summed E-state index contributed by atoms with van der Waals surface area (Å²) in [5, 5.41) is 0. The summed E-state index contributed by atoms with van der Waals surface area (Å²) in [4.78, 5) is 13.1. The van der Waals surface area contributed by atoms with Gasteiger partial charge >= 0.3 is 6.09 Å². The van der Waals surface area contributed by atoms with E-state index in [0.717, 1.165) is 19.4 Å². The largest absolute Gasteiger partial charge is 0.447 e. The van der Waals surface area contributed by atoms with E-state index in [1.807, 2.05) is 13.8 Å². The molecule has 0 aromatic rings. The highest BCUT2D eigenvalue weighted by Gasteiger charge is 2.29. The number of rotatable bonds is 2. The van der Waals surface area contributed by atoms with E-state index in [1.54, 1.807) is 12.0 Å². The second-order valence-electron chi connectivity index (χ2n) is 3.46. The molecule has 1 aliphatic rings.